The van der Waals surface area contributed by atoms with Gasteiger partial charge in [0.25, 0.3) is 10.0 Å². The molecule has 41 heavy (non-hydrogen) atoms. The van der Waals surface area contributed by atoms with Gasteiger partial charge in [0.05, 0.1) is 17.2 Å². The highest BCUT2D eigenvalue weighted by Crippen LogP contribution is 2.33. The number of hydrogen-bond donors (Lipinski definition) is 1. The number of carbonyl (C=O) groups is 2. The molecule has 0 fully saturated rings. The highest BCUT2D eigenvalue weighted by atomic mass is 35.5. The standard InChI is InChI=1S/C30H35ClFN3O5S/c1-5-40-28-13-9-8-12-27(28)35(41(38,39)25-16-14-24(31)15-17-25)20-29(36)34(19-23-10-6-7-11-26(23)32)22(4)30(37)33-18-21(2)3/h6-17,21-22H,5,18-20H2,1-4H3,(H,33,37). The lowest BCUT2D eigenvalue weighted by Crippen LogP contribution is -2.51. The molecule has 0 aliphatic heterocycles. The van der Waals surface area contributed by atoms with Crippen LogP contribution in [0.3, 0.4) is 0 Å². The first-order chi connectivity index (χ1) is 19.4. The Kier molecular flexibility index (Phi) is 11.1. The third-order valence-electron chi connectivity index (χ3n) is 6.26. The zero-order chi connectivity index (χ0) is 30.2. The van der Waals surface area contributed by atoms with Gasteiger partial charge >= 0.3 is 0 Å². The molecule has 0 radical (unpaired) electrons. The molecule has 1 atom stereocenters. The molecule has 0 aliphatic rings. The highest BCUT2D eigenvalue weighted by Gasteiger charge is 2.34. The third-order valence-corrected chi connectivity index (χ3v) is 8.29. The normalized spacial score (nSPS) is 12.1. The Balaban J connectivity index is 2.07. The summed E-state index contributed by atoms with van der Waals surface area (Å²) in [4.78, 5) is 28.1. The van der Waals surface area contributed by atoms with E-state index in [4.69, 9.17) is 16.3 Å². The fourth-order valence-corrected chi connectivity index (χ4v) is 5.58. The maximum absolute atomic E-state index is 14.7. The molecule has 3 rings (SSSR count). The summed E-state index contributed by atoms with van der Waals surface area (Å²) in [6, 6.07) is 16.9. The lowest BCUT2D eigenvalue weighted by Gasteiger charge is -2.32. The summed E-state index contributed by atoms with van der Waals surface area (Å²) in [6.07, 6.45) is 0. The summed E-state index contributed by atoms with van der Waals surface area (Å²) in [5.41, 5.74) is 0.326. The van der Waals surface area contributed by atoms with Crippen LogP contribution in [0.4, 0.5) is 10.1 Å². The number of anilines is 1. The van der Waals surface area contributed by atoms with Gasteiger partial charge in [0.2, 0.25) is 11.8 Å². The van der Waals surface area contributed by atoms with Crippen molar-refractivity contribution in [3.8, 4) is 5.75 Å². The topological polar surface area (TPSA) is 96.0 Å². The van der Waals surface area contributed by atoms with Crippen molar-refractivity contribution in [2.75, 3.05) is 24.0 Å². The summed E-state index contributed by atoms with van der Waals surface area (Å²) in [7, 11) is -4.32. The van der Waals surface area contributed by atoms with Gasteiger partial charge in [0.15, 0.2) is 0 Å². The zero-order valence-corrected chi connectivity index (χ0v) is 25.1. The first-order valence-electron chi connectivity index (χ1n) is 13.3. The number of hydrogen-bond acceptors (Lipinski definition) is 5. The van der Waals surface area contributed by atoms with Gasteiger partial charge in [-0.1, -0.05) is 55.8 Å². The van der Waals surface area contributed by atoms with E-state index in [1.807, 2.05) is 13.8 Å². The van der Waals surface area contributed by atoms with Crippen molar-refractivity contribution in [1.29, 1.82) is 0 Å². The van der Waals surface area contributed by atoms with Crippen LogP contribution in [0, 0.1) is 11.7 Å². The van der Waals surface area contributed by atoms with Crippen LogP contribution in [-0.4, -0.2) is 50.9 Å². The van der Waals surface area contributed by atoms with E-state index < -0.39 is 40.2 Å². The number of benzene rings is 3. The summed E-state index contributed by atoms with van der Waals surface area (Å²) in [5, 5.41) is 3.14. The third kappa shape index (κ3) is 8.20. The average Bonchev–Trinajstić information content (AvgIpc) is 2.94. The van der Waals surface area contributed by atoms with Crippen LogP contribution in [0.15, 0.2) is 77.7 Å². The van der Waals surface area contributed by atoms with Crippen LogP contribution in [-0.2, 0) is 26.2 Å². The summed E-state index contributed by atoms with van der Waals surface area (Å²) in [5.74, 6) is -1.28. The number of halogens is 2. The number of para-hydroxylation sites is 2. The van der Waals surface area contributed by atoms with Gasteiger partial charge in [-0.2, -0.15) is 0 Å². The molecule has 220 valence electrons. The van der Waals surface area contributed by atoms with Crippen LogP contribution in [0.1, 0.15) is 33.3 Å². The molecule has 0 bridgehead atoms. The second-order valence-electron chi connectivity index (χ2n) is 9.79. The monoisotopic (exact) mass is 603 g/mol. The Morgan fingerprint density at radius 3 is 2.24 bits per heavy atom. The molecule has 11 heteroatoms. The number of carbonyl (C=O) groups excluding carboxylic acids is 2. The minimum absolute atomic E-state index is 0.0932. The maximum Gasteiger partial charge on any atom is 0.264 e. The van der Waals surface area contributed by atoms with Crippen molar-refractivity contribution in [3.05, 3.63) is 89.2 Å². The van der Waals surface area contributed by atoms with Crippen LogP contribution < -0.4 is 14.4 Å². The minimum Gasteiger partial charge on any atom is -0.492 e. The molecule has 0 saturated carbocycles. The summed E-state index contributed by atoms with van der Waals surface area (Å²) >= 11 is 5.99. The first-order valence-corrected chi connectivity index (χ1v) is 15.1. The zero-order valence-electron chi connectivity index (χ0n) is 23.5. The van der Waals surface area contributed by atoms with Gasteiger partial charge in [-0.15, -0.1) is 0 Å². The van der Waals surface area contributed by atoms with Gasteiger partial charge in [-0.05, 0) is 62.2 Å². The van der Waals surface area contributed by atoms with Gasteiger partial charge in [0, 0.05) is 23.7 Å². The van der Waals surface area contributed by atoms with E-state index in [0.29, 0.717) is 11.6 Å². The smallest absolute Gasteiger partial charge is 0.264 e. The molecule has 0 heterocycles. The number of amides is 2. The van der Waals surface area contributed by atoms with Gasteiger partial charge in [-0.3, -0.25) is 13.9 Å². The fourth-order valence-electron chi connectivity index (χ4n) is 4.03. The van der Waals surface area contributed by atoms with Crippen molar-refractivity contribution < 1.29 is 27.1 Å². The van der Waals surface area contributed by atoms with Crippen molar-refractivity contribution in [2.45, 2.75) is 45.2 Å². The van der Waals surface area contributed by atoms with Crippen molar-refractivity contribution >= 4 is 39.1 Å². The van der Waals surface area contributed by atoms with E-state index in [-0.39, 0.29) is 41.0 Å². The van der Waals surface area contributed by atoms with E-state index in [9.17, 15) is 22.4 Å². The van der Waals surface area contributed by atoms with Crippen molar-refractivity contribution in [2.24, 2.45) is 5.92 Å². The minimum atomic E-state index is -4.32. The second kappa shape index (κ2) is 14.3. The van der Waals surface area contributed by atoms with Crippen LogP contribution >= 0.6 is 11.6 Å². The number of nitrogens with zero attached hydrogens (tertiary/aromatic N) is 2. The summed E-state index contributed by atoms with van der Waals surface area (Å²) < 4.78 is 49.2. The van der Waals surface area contributed by atoms with Crippen LogP contribution in [0.5, 0.6) is 5.75 Å². The van der Waals surface area contributed by atoms with E-state index in [1.54, 1.807) is 31.2 Å². The summed E-state index contributed by atoms with van der Waals surface area (Å²) in [6.45, 7) is 6.87. The highest BCUT2D eigenvalue weighted by molar-refractivity contribution is 7.92. The maximum atomic E-state index is 14.7. The molecule has 8 nitrogen and oxygen atoms in total. The second-order valence-corrected chi connectivity index (χ2v) is 12.1. The number of rotatable bonds is 13. The Labute approximate surface area is 246 Å². The lowest BCUT2D eigenvalue weighted by molar-refractivity contribution is -0.139. The molecule has 2 amide bonds. The molecule has 0 saturated heterocycles. The van der Waals surface area contributed by atoms with E-state index in [0.717, 1.165) is 4.31 Å². The number of nitrogens with one attached hydrogen (secondary N) is 1. The SMILES string of the molecule is CCOc1ccccc1N(CC(=O)N(Cc1ccccc1F)C(C)C(=O)NCC(C)C)S(=O)(=O)c1ccc(Cl)cc1. The van der Waals surface area contributed by atoms with E-state index in [1.165, 1.54) is 60.4 Å². The number of sulfonamides is 1. The predicted molar refractivity (Wildman–Crippen MR) is 158 cm³/mol. The fraction of sp³-hybridized carbons (Fsp3) is 0.333. The molecule has 1 N–H and O–H groups in total. The number of ether oxygens (including phenoxy) is 1. The quantitative estimate of drug-likeness (QED) is 0.287. The molecule has 0 aliphatic carbocycles. The molecule has 1 unspecified atom stereocenters. The Morgan fingerprint density at radius 2 is 1.61 bits per heavy atom. The Bertz CT molecular complexity index is 1450. The van der Waals surface area contributed by atoms with Gasteiger partial charge in [-0.25, -0.2) is 12.8 Å². The molecule has 3 aromatic carbocycles. The van der Waals surface area contributed by atoms with E-state index in [2.05, 4.69) is 5.32 Å². The predicted octanol–water partition coefficient (Wildman–Crippen LogP) is 5.26. The molecule has 3 aromatic rings. The first kappa shape index (κ1) is 31.9. The lowest BCUT2D eigenvalue weighted by atomic mass is 10.1. The van der Waals surface area contributed by atoms with Gasteiger partial charge < -0.3 is 15.0 Å². The molecular formula is C30H35ClFN3O5S. The van der Waals surface area contributed by atoms with Crippen LogP contribution in [0.2, 0.25) is 5.02 Å². The van der Waals surface area contributed by atoms with Gasteiger partial charge in [0.1, 0.15) is 24.2 Å². The average molecular weight is 604 g/mol. The van der Waals surface area contributed by atoms with Crippen LogP contribution in [0.25, 0.3) is 0 Å². The Hall–Kier alpha value is -3.63. The molecular weight excluding hydrogens is 569 g/mol. The molecule has 0 spiro atoms. The van der Waals surface area contributed by atoms with E-state index >= 15 is 0 Å². The molecule has 0 aromatic heterocycles. The largest absolute Gasteiger partial charge is 0.492 e. The van der Waals surface area contributed by atoms with Crippen molar-refractivity contribution in [1.82, 2.24) is 10.2 Å². The Morgan fingerprint density at radius 1 is 0.976 bits per heavy atom. The van der Waals surface area contributed by atoms with Crippen molar-refractivity contribution in [3.63, 3.8) is 0 Å².